The first-order valence-corrected chi connectivity index (χ1v) is 17.5. The Bertz CT molecular complexity index is 1280. The Hall–Kier alpha value is -1.56. The van der Waals surface area contributed by atoms with Gasteiger partial charge in [0.25, 0.3) is 0 Å². The molecule has 1 heterocycles. The fourth-order valence-electron chi connectivity index (χ4n) is 12.0. The van der Waals surface area contributed by atoms with Gasteiger partial charge in [0.05, 0.1) is 23.5 Å². The molecule has 6 N–H and O–H groups in total. The summed E-state index contributed by atoms with van der Waals surface area (Å²) < 4.78 is 11.5. The van der Waals surface area contributed by atoms with Gasteiger partial charge in [0.15, 0.2) is 0 Å². The highest BCUT2D eigenvalue weighted by Crippen LogP contribution is 2.76. The Balaban J connectivity index is 1.36. The van der Waals surface area contributed by atoms with E-state index in [2.05, 4.69) is 40.7 Å². The molecule has 0 aromatic carbocycles. The Morgan fingerprint density at radius 2 is 1.54 bits per heavy atom. The summed E-state index contributed by atoms with van der Waals surface area (Å²) in [4.78, 5) is 27.1. The molecule has 10 nitrogen and oxygen atoms in total. The molecule has 1 saturated heterocycles. The molecule has 6 rings (SSSR count). The van der Waals surface area contributed by atoms with Gasteiger partial charge in [-0.2, -0.15) is 0 Å². The van der Waals surface area contributed by atoms with E-state index in [-0.39, 0.29) is 39.4 Å². The zero-order valence-electron chi connectivity index (χ0n) is 28.4. The summed E-state index contributed by atoms with van der Waals surface area (Å²) in [6, 6.07) is 0. The van der Waals surface area contributed by atoms with Gasteiger partial charge in [0, 0.05) is 0 Å². The Morgan fingerprint density at radius 3 is 2.20 bits per heavy atom. The predicted molar refractivity (Wildman–Crippen MR) is 167 cm³/mol. The van der Waals surface area contributed by atoms with Crippen LogP contribution in [0.25, 0.3) is 0 Å². The number of carbonyl (C=O) groups is 2. The third kappa shape index (κ3) is 4.49. The number of hydrogen-bond acceptors (Lipinski definition) is 9. The number of ether oxygens (including phenoxy) is 2. The van der Waals surface area contributed by atoms with Crippen LogP contribution in [0.2, 0.25) is 0 Å². The van der Waals surface area contributed by atoms with E-state index in [1.165, 1.54) is 5.57 Å². The first-order chi connectivity index (χ1) is 21.3. The SMILES string of the molecule is CC1(C)CC[C@]2(C(=O)O[C@H]3O[C@@H](CO)[C@H](O)[C@@H](O)[C@@H]3O)CC[C@]3(C)C(=CC[C@@H]4[C@@]5(C)CC[C@H](O)[C@](C)(C(=O)O)[C@H]5CC[C@]43C)[C@@H]2C1. The van der Waals surface area contributed by atoms with E-state index in [1.54, 1.807) is 6.92 Å². The summed E-state index contributed by atoms with van der Waals surface area (Å²) in [5.74, 6) is -1.40. The van der Waals surface area contributed by atoms with Crippen LogP contribution in [0.1, 0.15) is 106 Å². The minimum absolute atomic E-state index is 0.0130. The van der Waals surface area contributed by atoms with Crippen molar-refractivity contribution in [3.63, 3.8) is 0 Å². The van der Waals surface area contributed by atoms with Gasteiger partial charge in [-0.15, -0.1) is 0 Å². The van der Waals surface area contributed by atoms with Crippen molar-refractivity contribution < 1.29 is 49.7 Å². The zero-order chi connectivity index (χ0) is 33.8. The molecule has 1 aliphatic heterocycles. The molecule has 46 heavy (non-hydrogen) atoms. The number of carboxylic acids is 1. The molecule has 5 aliphatic carbocycles. The number of aliphatic hydroxyl groups is 5. The summed E-state index contributed by atoms with van der Waals surface area (Å²) in [7, 11) is 0. The third-order valence-electron chi connectivity index (χ3n) is 15.2. The van der Waals surface area contributed by atoms with Gasteiger partial charge in [0.1, 0.15) is 24.4 Å². The molecule has 10 heteroatoms. The van der Waals surface area contributed by atoms with Crippen LogP contribution in [-0.4, -0.2) is 86.0 Å². The van der Waals surface area contributed by atoms with Crippen LogP contribution < -0.4 is 0 Å². The van der Waals surface area contributed by atoms with Crippen LogP contribution in [0.5, 0.6) is 0 Å². The molecule has 0 aromatic heterocycles. The number of aliphatic carboxylic acids is 1. The zero-order valence-corrected chi connectivity index (χ0v) is 28.4. The quantitative estimate of drug-likeness (QED) is 0.195. The number of carbonyl (C=O) groups excluding carboxylic acids is 1. The fraction of sp³-hybridized carbons (Fsp3) is 0.889. The minimum Gasteiger partial charge on any atom is -0.481 e. The summed E-state index contributed by atoms with van der Waals surface area (Å²) in [5, 5.41) is 62.4. The predicted octanol–water partition coefficient (Wildman–Crippen LogP) is 3.56. The highest BCUT2D eigenvalue weighted by molar-refractivity contribution is 5.79. The van der Waals surface area contributed by atoms with Crippen molar-refractivity contribution in [2.24, 2.45) is 50.2 Å². The fourth-order valence-corrected chi connectivity index (χ4v) is 12.0. The van der Waals surface area contributed by atoms with Crippen LogP contribution >= 0.6 is 0 Å². The molecule has 5 fully saturated rings. The number of esters is 1. The lowest BCUT2D eigenvalue weighted by Gasteiger charge is -2.71. The number of aliphatic hydroxyl groups excluding tert-OH is 5. The van der Waals surface area contributed by atoms with Gasteiger partial charge in [-0.25, -0.2) is 0 Å². The van der Waals surface area contributed by atoms with Gasteiger partial charge < -0.3 is 40.1 Å². The van der Waals surface area contributed by atoms with Crippen LogP contribution in [0, 0.1) is 50.2 Å². The molecule has 0 amide bonds. The molecule has 260 valence electrons. The maximum atomic E-state index is 14.4. The second-order valence-electron chi connectivity index (χ2n) is 17.6. The van der Waals surface area contributed by atoms with Gasteiger partial charge in [0.2, 0.25) is 6.29 Å². The summed E-state index contributed by atoms with van der Waals surface area (Å²) in [6.45, 7) is 12.6. The summed E-state index contributed by atoms with van der Waals surface area (Å²) >= 11 is 0. The van der Waals surface area contributed by atoms with E-state index in [0.29, 0.717) is 19.3 Å². The van der Waals surface area contributed by atoms with Crippen molar-refractivity contribution in [2.45, 2.75) is 143 Å². The van der Waals surface area contributed by atoms with Crippen molar-refractivity contribution in [2.75, 3.05) is 6.61 Å². The number of allylic oxidation sites excluding steroid dienone is 2. The largest absolute Gasteiger partial charge is 0.481 e. The molecular formula is C36H56O10. The molecule has 0 radical (unpaired) electrons. The van der Waals surface area contributed by atoms with E-state index < -0.39 is 66.2 Å². The van der Waals surface area contributed by atoms with Gasteiger partial charge in [-0.05, 0) is 111 Å². The van der Waals surface area contributed by atoms with Crippen LogP contribution in [0.3, 0.4) is 0 Å². The second kappa shape index (κ2) is 11.0. The lowest BCUT2D eigenvalue weighted by atomic mass is 9.33. The second-order valence-corrected chi connectivity index (χ2v) is 17.6. The standard InChI is InChI=1S/C36H56O10/c1-31(2)13-15-36(30(44)46-28-27(41)26(40)25(39)21(18-37)45-28)16-14-33(4)19(20(36)17-31)7-8-22-32(3)11-10-24(38)35(6,29(42)43)23(32)9-12-34(22,33)5/h7,20-28,37-41H,8-18H2,1-6H3,(H,42,43)/t20-,21-,22+,23-,24-,25-,26+,27-,28+,32+,33+,34+,35+,36-/m0/s1. The van der Waals surface area contributed by atoms with Crippen LogP contribution in [0.4, 0.5) is 0 Å². The molecule has 4 saturated carbocycles. The first kappa shape index (κ1) is 34.3. The lowest BCUT2D eigenvalue weighted by molar-refractivity contribution is -0.297. The Labute approximate surface area is 272 Å². The monoisotopic (exact) mass is 648 g/mol. The molecule has 0 unspecified atom stereocenters. The van der Waals surface area contributed by atoms with Crippen molar-refractivity contribution in [3.05, 3.63) is 11.6 Å². The topological polar surface area (TPSA) is 174 Å². The van der Waals surface area contributed by atoms with E-state index in [9.17, 15) is 40.2 Å². The average molecular weight is 649 g/mol. The molecule has 0 bridgehead atoms. The highest BCUT2D eigenvalue weighted by atomic mass is 16.7. The van der Waals surface area contributed by atoms with Gasteiger partial charge in [-0.3, -0.25) is 9.59 Å². The van der Waals surface area contributed by atoms with Crippen molar-refractivity contribution in [1.82, 2.24) is 0 Å². The normalized spacial score (nSPS) is 53.0. The molecule has 6 aliphatic rings. The molecular weight excluding hydrogens is 592 g/mol. The molecule has 0 aromatic rings. The van der Waals surface area contributed by atoms with Crippen molar-refractivity contribution in [3.8, 4) is 0 Å². The Kier molecular flexibility index (Phi) is 8.18. The maximum Gasteiger partial charge on any atom is 0.315 e. The minimum atomic E-state index is -1.65. The van der Waals surface area contributed by atoms with Crippen molar-refractivity contribution >= 4 is 11.9 Å². The number of carboxylic acid groups (broad SMARTS) is 1. The maximum absolute atomic E-state index is 14.4. The first-order valence-electron chi connectivity index (χ1n) is 17.5. The lowest BCUT2D eigenvalue weighted by Crippen LogP contribution is -2.66. The smallest absolute Gasteiger partial charge is 0.315 e. The Morgan fingerprint density at radius 1 is 0.870 bits per heavy atom. The van der Waals surface area contributed by atoms with Gasteiger partial charge >= 0.3 is 11.9 Å². The number of hydrogen-bond donors (Lipinski definition) is 6. The number of fused-ring (bicyclic) bond motifs is 7. The van der Waals surface area contributed by atoms with Crippen LogP contribution in [-0.2, 0) is 19.1 Å². The van der Waals surface area contributed by atoms with E-state index in [4.69, 9.17) is 9.47 Å². The van der Waals surface area contributed by atoms with Crippen LogP contribution in [0.15, 0.2) is 11.6 Å². The highest BCUT2D eigenvalue weighted by Gasteiger charge is 2.71. The van der Waals surface area contributed by atoms with E-state index in [1.807, 2.05) is 0 Å². The van der Waals surface area contributed by atoms with E-state index in [0.717, 1.165) is 44.9 Å². The van der Waals surface area contributed by atoms with Gasteiger partial charge in [-0.1, -0.05) is 46.3 Å². The van der Waals surface area contributed by atoms with E-state index >= 15 is 0 Å². The number of rotatable bonds is 4. The molecule has 0 spiro atoms. The average Bonchev–Trinajstić information content (AvgIpc) is 2.99. The third-order valence-corrected chi connectivity index (χ3v) is 15.2. The summed E-state index contributed by atoms with van der Waals surface area (Å²) in [6.07, 6.45) is 1.20. The van der Waals surface area contributed by atoms with Crippen molar-refractivity contribution in [1.29, 1.82) is 0 Å². The summed E-state index contributed by atoms with van der Waals surface area (Å²) in [5.41, 5.74) is -1.39. The molecule has 14 atom stereocenters.